The molecular formula is C28H37NO5S. The fourth-order valence-corrected chi connectivity index (χ4v) is 6.00. The van der Waals surface area contributed by atoms with Crippen LogP contribution >= 0.6 is 11.3 Å². The van der Waals surface area contributed by atoms with Gasteiger partial charge in [0.05, 0.1) is 30.9 Å². The highest BCUT2D eigenvalue weighted by molar-refractivity contribution is 7.15. The number of hydrogen-bond acceptors (Lipinski definition) is 6. The minimum absolute atomic E-state index is 0.0330. The summed E-state index contributed by atoms with van der Waals surface area (Å²) in [4.78, 5) is 30.0. The zero-order valence-electron chi connectivity index (χ0n) is 21.6. The number of thiophene rings is 1. The summed E-state index contributed by atoms with van der Waals surface area (Å²) in [7, 11) is 1.38. The predicted molar refractivity (Wildman–Crippen MR) is 137 cm³/mol. The number of esters is 1. The highest BCUT2D eigenvalue weighted by atomic mass is 32.1. The molecule has 2 heterocycles. The first kappa shape index (κ1) is 25.9. The molecule has 1 saturated carbocycles. The van der Waals surface area contributed by atoms with Crippen LogP contribution in [0.4, 0.5) is 5.69 Å². The summed E-state index contributed by atoms with van der Waals surface area (Å²) < 4.78 is 17.0. The SMILES string of the molecule is COC(=O)c1sc(C#CC(C)(C)C)cc1N(C(=O)[C@H]1CC=C(C)CC1)C1CCC2(CC1)OCCO2. The van der Waals surface area contributed by atoms with Crippen LogP contribution in [0, 0.1) is 23.2 Å². The monoisotopic (exact) mass is 499 g/mol. The maximum atomic E-state index is 14.1. The molecular weight excluding hydrogens is 462 g/mol. The van der Waals surface area contributed by atoms with Crippen molar-refractivity contribution >= 4 is 28.9 Å². The number of ether oxygens (including phenoxy) is 3. The van der Waals surface area contributed by atoms with Crippen LogP contribution in [0.1, 0.15) is 87.2 Å². The summed E-state index contributed by atoms with van der Waals surface area (Å²) in [6, 6.07) is 1.87. The number of methoxy groups -OCH3 is 1. The molecule has 3 aliphatic rings. The third-order valence-corrected chi connectivity index (χ3v) is 8.04. The van der Waals surface area contributed by atoms with Crippen LogP contribution in [0.15, 0.2) is 17.7 Å². The molecule has 1 atom stereocenters. The van der Waals surface area contributed by atoms with Gasteiger partial charge in [0.25, 0.3) is 0 Å². The molecule has 0 radical (unpaired) electrons. The maximum Gasteiger partial charge on any atom is 0.350 e. The average Bonchev–Trinajstić information content (AvgIpc) is 3.46. The quantitative estimate of drug-likeness (QED) is 0.302. The standard InChI is InChI=1S/C28H37NO5S/c1-19-6-8-20(9-7-19)25(30)29(21-10-14-28(15-11-21)33-16-17-34-28)23-18-22(12-13-27(2,3)4)35-24(23)26(31)32-5/h6,18,20-21H,7-11,14-17H2,1-5H3/t20-/m0/s1. The molecule has 1 saturated heterocycles. The minimum atomic E-state index is -0.515. The van der Waals surface area contributed by atoms with Gasteiger partial charge < -0.3 is 19.1 Å². The van der Waals surface area contributed by atoms with Crippen LogP contribution < -0.4 is 4.90 Å². The fraction of sp³-hybridized carbons (Fsp3) is 0.643. The van der Waals surface area contributed by atoms with Gasteiger partial charge in [0.1, 0.15) is 4.88 Å². The summed E-state index contributed by atoms with van der Waals surface area (Å²) in [5.41, 5.74) is 1.79. The Hall–Kier alpha value is -2.14. The number of anilines is 1. The fourth-order valence-electron chi connectivity index (χ4n) is 5.08. The number of allylic oxidation sites excluding steroid dienone is 2. The molecule has 0 aromatic carbocycles. The third kappa shape index (κ3) is 5.99. The van der Waals surface area contributed by atoms with Crippen LogP contribution in [-0.2, 0) is 19.0 Å². The van der Waals surface area contributed by atoms with E-state index in [1.54, 1.807) is 0 Å². The first-order valence-corrected chi connectivity index (χ1v) is 13.4. The van der Waals surface area contributed by atoms with Gasteiger partial charge in [-0.3, -0.25) is 4.79 Å². The minimum Gasteiger partial charge on any atom is -0.465 e. The van der Waals surface area contributed by atoms with E-state index in [1.807, 2.05) is 11.0 Å². The van der Waals surface area contributed by atoms with Gasteiger partial charge in [-0.15, -0.1) is 11.3 Å². The molecule has 35 heavy (non-hydrogen) atoms. The van der Waals surface area contributed by atoms with Crippen LogP contribution in [0.5, 0.6) is 0 Å². The number of amides is 1. The zero-order chi connectivity index (χ0) is 25.2. The van der Waals surface area contributed by atoms with Crippen LogP contribution in [0.25, 0.3) is 0 Å². The first-order valence-electron chi connectivity index (χ1n) is 12.6. The molecule has 190 valence electrons. The molecule has 1 spiro atoms. The lowest BCUT2D eigenvalue weighted by Crippen LogP contribution is -2.49. The van der Waals surface area contributed by atoms with Gasteiger partial charge in [0, 0.05) is 30.2 Å². The molecule has 0 N–H and O–H groups in total. The Labute approximate surface area is 213 Å². The van der Waals surface area contributed by atoms with Gasteiger partial charge in [-0.25, -0.2) is 4.79 Å². The first-order chi connectivity index (χ1) is 16.6. The topological polar surface area (TPSA) is 65.1 Å². The van der Waals surface area contributed by atoms with Gasteiger partial charge in [0.15, 0.2) is 5.79 Å². The van der Waals surface area contributed by atoms with E-state index in [4.69, 9.17) is 14.2 Å². The number of carbonyl (C=O) groups excluding carboxylic acids is 2. The van der Waals surface area contributed by atoms with Crippen molar-refractivity contribution in [3.63, 3.8) is 0 Å². The molecule has 1 amide bonds. The number of rotatable bonds is 4. The highest BCUT2D eigenvalue weighted by Crippen LogP contribution is 2.42. The Bertz CT molecular complexity index is 1040. The molecule has 1 aliphatic heterocycles. The summed E-state index contributed by atoms with van der Waals surface area (Å²) in [5, 5.41) is 0. The summed E-state index contributed by atoms with van der Waals surface area (Å²) in [6.45, 7) is 9.51. The Balaban J connectivity index is 1.71. The van der Waals surface area contributed by atoms with Gasteiger partial charge >= 0.3 is 5.97 Å². The van der Waals surface area contributed by atoms with E-state index >= 15 is 0 Å². The number of hydrogen-bond donors (Lipinski definition) is 0. The largest absolute Gasteiger partial charge is 0.465 e. The van der Waals surface area contributed by atoms with E-state index in [1.165, 1.54) is 24.0 Å². The Morgan fingerprint density at radius 1 is 1.17 bits per heavy atom. The van der Waals surface area contributed by atoms with Crippen LogP contribution in [-0.4, -0.2) is 44.0 Å². The second-order valence-electron chi connectivity index (χ2n) is 10.9. The van der Waals surface area contributed by atoms with Crippen molar-refractivity contribution in [3.05, 3.63) is 27.5 Å². The maximum absolute atomic E-state index is 14.1. The highest BCUT2D eigenvalue weighted by Gasteiger charge is 2.44. The lowest BCUT2D eigenvalue weighted by Gasteiger charge is -2.41. The van der Waals surface area contributed by atoms with Crippen molar-refractivity contribution in [3.8, 4) is 11.8 Å². The molecule has 1 aromatic heterocycles. The van der Waals surface area contributed by atoms with Gasteiger partial charge in [-0.2, -0.15) is 0 Å². The van der Waals surface area contributed by atoms with E-state index in [0.29, 0.717) is 23.8 Å². The predicted octanol–water partition coefficient (Wildman–Crippen LogP) is 5.70. The van der Waals surface area contributed by atoms with Gasteiger partial charge in [-0.1, -0.05) is 23.5 Å². The normalized spacial score (nSPS) is 22.3. The van der Waals surface area contributed by atoms with Crippen molar-refractivity contribution in [2.45, 2.75) is 84.5 Å². The lowest BCUT2D eigenvalue weighted by atomic mass is 9.85. The van der Waals surface area contributed by atoms with E-state index in [9.17, 15) is 9.59 Å². The van der Waals surface area contributed by atoms with Crippen LogP contribution in [0.3, 0.4) is 0 Å². The molecule has 6 nitrogen and oxygen atoms in total. The Morgan fingerprint density at radius 3 is 2.43 bits per heavy atom. The Morgan fingerprint density at radius 2 is 1.86 bits per heavy atom. The van der Waals surface area contributed by atoms with E-state index < -0.39 is 11.8 Å². The van der Waals surface area contributed by atoms with Crippen molar-refractivity contribution in [2.75, 3.05) is 25.2 Å². The molecule has 2 aliphatic carbocycles. The van der Waals surface area contributed by atoms with Crippen molar-refractivity contribution < 1.29 is 23.8 Å². The lowest BCUT2D eigenvalue weighted by molar-refractivity contribution is -0.179. The van der Waals surface area contributed by atoms with E-state index in [0.717, 1.165) is 49.8 Å². The summed E-state index contributed by atoms with van der Waals surface area (Å²) in [5.74, 6) is 5.51. The smallest absolute Gasteiger partial charge is 0.350 e. The van der Waals surface area contributed by atoms with Gasteiger partial charge in [0.2, 0.25) is 5.91 Å². The molecule has 4 rings (SSSR count). The summed E-state index contributed by atoms with van der Waals surface area (Å²) >= 11 is 1.31. The molecule has 7 heteroatoms. The third-order valence-electron chi connectivity index (χ3n) is 7.02. The van der Waals surface area contributed by atoms with Gasteiger partial charge in [-0.05, 0) is 65.9 Å². The second kappa shape index (κ2) is 10.5. The summed E-state index contributed by atoms with van der Waals surface area (Å²) in [6.07, 6.45) is 7.65. The van der Waals surface area contributed by atoms with Crippen molar-refractivity contribution in [1.29, 1.82) is 0 Å². The second-order valence-corrected chi connectivity index (χ2v) is 11.9. The van der Waals surface area contributed by atoms with Crippen LogP contribution in [0.2, 0.25) is 0 Å². The zero-order valence-corrected chi connectivity index (χ0v) is 22.4. The van der Waals surface area contributed by atoms with Crippen molar-refractivity contribution in [1.82, 2.24) is 0 Å². The molecule has 1 aromatic rings. The van der Waals surface area contributed by atoms with E-state index in [-0.39, 0.29) is 23.3 Å². The number of nitrogens with zero attached hydrogens (tertiary/aromatic N) is 1. The van der Waals surface area contributed by atoms with Crippen molar-refractivity contribution in [2.24, 2.45) is 11.3 Å². The molecule has 0 bridgehead atoms. The average molecular weight is 500 g/mol. The van der Waals surface area contributed by atoms with E-state index in [2.05, 4.69) is 45.6 Å². The number of carbonyl (C=O) groups is 2. The molecule has 0 unspecified atom stereocenters. The Kier molecular flexibility index (Phi) is 7.75. The molecule has 2 fully saturated rings.